The number of halogens is 1. The molecule has 0 aromatic heterocycles. The molecule has 3 aromatic carbocycles. The molecule has 0 spiro atoms. The minimum absolute atomic E-state index is 0.0196. The predicted molar refractivity (Wildman–Crippen MR) is 134 cm³/mol. The first-order valence-electron chi connectivity index (χ1n) is 12.2. The van der Waals surface area contributed by atoms with E-state index in [-0.39, 0.29) is 30.7 Å². The van der Waals surface area contributed by atoms with Crippen LogP contribution in [-0.4, -0.2) is 36.9 Å². The average molecular weight is 487 g/mol. The molecule has 3 aliphatic heterocycles. The fraction of sp³-hybridized carbons (Fsp3) is 0.276. The fourth-order valence-electron chi connectivity index (χ4n) is 5.39. The van der Waals surface area contributed by atoms with Gasteiger partial charge < -0.3 is 24.4 Å². The largest absolute Gasteiger partial charge is 0.497 e. The Balaban J connectivity index is 1.16. The highest BCUT2D eigenvalue weighted by atomic mass is 19.1. The number of carbonyl (C=O) groups excluding carboxylic acids is 1. The zero-order valence-electron chi connectivity index (χ0n) is 20.0. The smallest absolute Gasteiger partial charge is 0.318 e. The van der Waals surface area contributed by atoms with Crippen LogP contribution < -0.4 is 19.5 Å². The van der Waals surface area contributed by atoms with Gasteiger partial charge in [-0.15, -0.1) is 0 Å². The van der Waals surface area contributed by atoms with E-state index in [1.807, 2.05) is 53.4 Å². The molecule has 1 fully saturated rings. The lowest BCUT2D eigenvalue weighted by Gasteiger charge is -2.34. The van der Waals surface area contributed by atoms with Crippen LogP contribution >= 0.6 is 0 Å². The first kappa shape index (κ1) is 22.5. The molecule has 3 heterocycles. The number of urea groups is 1. The van der Waals surface area contributed by atoms with E-state index in [0.29, 0.717) is 23.6 Å². The maximum absolute atomic E-state index is 15.2. The minimum Gasteiger partial charge on any atom is -0.497 e. The van der Waals surface area contributed by atoms with Crippen LogP contribution in [0.3, 0.4) is 0 Å². The van der Waals surface area contributed by atoms with Crippen LogP contribution in [0.1, 0.15) is 30.4 Å². The van der Waals surface area contributed by atoms with E-state index >= 15 is 4.39 Å². The summed E-state index contributed by atoms with van der Waals surface area (Å²) < 4.78 is 31.2. The standard InChI is InChI=1S/C29H27FN2O4/c1-34-24-8-2-18(3-9-24)16-31-29(33)32-22-6-7-23(32)13-21(12-22)19-4-10-25(26(30)14-19)20-5-11-27-28(15-20)36-17-35-27/h2-5,8-12,14-15,22-23H,6-7,13,16-17H2,1H3,(H,31,33). The Morgan fingerprint density at radius 1 is 1.03 bits per heavy atom. The van der Waals surface area contributed by atoms with E-state index < -0.39 is 0 Å². The monoisotopic (exact) mass is 486 g/mol. The Bertz CT molecular complexity index is 1340. The molecule has 7 heteroatoms. The van der Waals surface area contributed by atoms with Gasteiger partial charge in [-0.05, 0) is 71.9 Å². The van der Waals surface area contributed by atoms with Crippen molar-refractivity contribution in [2.45, 2.75) is 37.9 Å². The maximum atomic E-state index is 15.2. The molecule has 0 saturated carbocycles. The van der Waals surface area contributed by atoms with Crippen LogP contribution in [-0.2, 0) is 6.54 Å². The van der Waals surface area contributed by atoms with Crippen LogP contribution in [0.25, 0.3) is 16.7 Å². The molecule has 1 saturated heterocycles. The molecule has 6 nitrogen and oxygen atoms in total. The van der Waals surface area contributed by atoms with Crippen molar-refractivity contribution in [3.8, 4) is 28.4 Å². The second-order valence-electron chi connectivity index (χ2n) is 9.37. The lowest BCUT2D eigenvalue weighted by atomic mass is 9.93. The van der Waals surface area contributed by atoms with E-state index in [1.54, 1.807) is 19.2 Å². The van der Waals surface area contributed by atoms with Gasteiger partial charge in [0.05, 0.1) is 13.2 Å². The third kappa shape index (κ3) is 4.15. The zero-order valence-corrected chi connectivity index (χ0v) is 20.0. The van der Waals surface area contributed by atoms with Gasteiger partial charge in [-0.2, -0.15) is 0 Å². The molecule has 2 atom stereocenters. The minimum atomic E-state index is -0.278. The van der Waals surface area contributed by atoms with Gasteiger partial charge in [-0.25, -0.2) is 9.18 Å². The number of methoxy groups -OCH3 is 1. The van der Waals surface area contributed by atoms with E-state index in [9.17, 15) is 4.79 Å². The van der Waals surface area contributed by atoms with Gasteiger partial charge in [0.1, 0.15) is 11.6 Å². The molecular weight excluding hydrogens is 459 g/mol. The molecule has 0 aliphatic carbocycles. The van der Waals surface area contributed by atoms with Crippen LogP contribution in [0.15, 0.2) is 66.7 Å². The van der Waals surface area contributed by atoms with Gasteiger partial charge in [0, 0.05) is 18.2 Å². The first-order valence-corrected chi connectivity index (χ1v) is 12.2. The Labute approximate surface area is 209 Å². The molecule has 184 valence electrons. The number of hydrogen-bond donors (Lipinski definition) is 1. The normalized spacial score (nSPS) is 19.7. The second-order valence-corrected chi connectivity index (χ2v) is 9.37. The molecule has 2 amide bonds. The van der Waals surface area contributed by atoms with Gasteiger partial charge >= 0.3 is 6.03 Å². The molecule has 0 radical (unpaired) electrons. The number of carbonyl (C=O) groups is 1. The van der Waals surface area contributed by atoms with Crippen LogP contribution in [0.2, 0.25) is 0 Å². The Morgan fingerprint density at radius 2 is 1.83 bits per heavy atom. The van der Waals surface area contributed by atoms with Crippen molar-refractivity contribution in [2.24, 2.45) is 0 Å². The van der Waals surface area contributed by atoms with Gasteiger partial charge in [0.25, 0.3) is 0 Å². The molecule has 2 bridgehead atoms. The molecule has 1 N–H and O–H groups in total. The third-order valence-corrected chi connectivity index (χ3v) is 7.26. The summed E-state index contributed by atoms with van der Waals surface area (Å²) >= 11 is 0. The van der Waals surface area contributed by atoms with E-state index in [1.165, 1.54) is 0 Å². The second kappa shape index (κ2) is 9.22. The lowest BCUT2D eigenvalue weighted by molar-refractivity contribution is 0.174. The quantitative estimate of drug-likeness (QED) is 0.498. The van der Waals surface area contributed by atoms with Crippen molar-refractivity contribution in [2.75, 3.05) is 13.9 Å². The number of nitrogens with one attached hydrogen (secondary N) is 1. The van der Waals surface area contributed by atoms with Crippen LogP contribution in [0.4, 0.5) is 9.18 Å². The van der Waals surface area contributed by atoms with Crippen molar-refractivity contribution in [1.82, 2.24) is 10.2 Å². The summed E-state index contributed by atoms with van der Waals surface area (Å²) in [4.78, 5) is 15.0. The summed E-state index contributed by atoms with van der Waals surface area (Å²) in [5.41, 5.74) is 4.25. The topological polar surface area (TPSA) is 60.0 Å². The van der Waals surface area contributed by atoms with Crippen LogP contribution in [0.5, 0.6) is 17.2 Å². The number of rotatable bonds is 5. The third-order valence-electron chi connectivity index (χ3n) is 7.26. The summed E-state index contributed by atoms with van der Waals surface area (Å²) in [5.74, 6) is 1.82. The highest BCUT2D eigenvalue weighted by Crippen LogP contribution is 2.40. The molecule has 2 unspecified atom stereocenters. The summed E-state index contributed by atoms with van der Waals surface area (Å²) in [7, 11) is 1.63. The summed E-state index contributed by atoms with van der Waals surface area (Å²) in [6, 6.07) is 18.6. The summed E-state index contributed by atoms with van der Waals surface area (Å²) in [5, 5.41) is 3.05. The van der Waals surface area contributed by atoms with E-state index in [2.05, 4.69) is 11.4 Å². The number of hydrogen-bond acceptors (Lipinski definition) is 4. The average Bonchev–Trinajstić information content (AvgIpc) is 3.48. The predicted octanol–water partition coefficient (Wildman–Crippen LogP) is 5.76. The lowest BCUT2D eigenvalue weighted by Crippen LogP contribution is -2.48. The summed E-state index contributed by atoms with van der Waals surface area (Å²) in [6.45, 7) is 0.648. The molecular formula is C29H27FN2O4. The first-order chi connectivity index (χ1) is 17.6. The van der Waals surface area contributed by atoms with Gasteiger partial charge in [0.2, 0.25) is 6.79 Å². The zero-order chi connectivity index (χ0) is 24.6. The van der Waals surface area contributed by atoms with Crippen molar-refractivity contribution >= 4 is 11.6 Å². The summed E-state index contributed by atoms with van der Waals surface area (Å²) in [6.07, 6.45) is 4.71. The van der Waals surface area contributed by atoms with Crippen LogP contribution in [0, 0.1) is 5.82 Å². The number of benzene rings is 3. The maximum Gasteiger partial charge on any atom is 0.318 e. The molecule has 3 aliphatic rings. The van der Waals surface area contributed by atoms with Crippen molar-refractivity contribution in [3.05, 3.63) is 83.7 Å². The van der Waals surface area contributed by atoms with Crippen molar-refractivity contribution < 1.29 is 23.4 Å². The fourth-order valence-corrected chi connectivity index (χ4v) is 5.39. The van der Waals surface area contributed by atoms with Gasteiger partial charge in [0.15, 0.2) is 11.5 Å². The van der Waals surface area contributed by atoms with Gasteiger partial charge in [-0.1, -0.05) is 36.4 Å². The van der Waals surface area contributed by atoms with Gasteiger partial charge in [-0.3, -0.25) is 0 Å². The SMILES string of the molecule is COc1ccc(CNC(=O)N2C3C=C(c4ccc(-c5ccc6c(c5)OCO6)c(F)c4)CC2CC3)cc1. The van der Waals surface area contributed by atoms with Crippen molar-refractivity contribution in [1.29, 1.82) is 0 Å². The van der Waals surface area contributed by atoms with Crippen molar-refractivity contribution in [3.63, 3.8) is 0 Å². The highest BCUT2D eigenvalue weighted by Gasteiger charge is 2.39. The van der Waals surface area contributed by atoms with E-state index in [0.717, 1.165) is 47.3 Å². The molecule has 6 rings (SSSR count). The molecule has 3 aromatic rings. The molecule has 36 heavy (non-hydrogen) atoms. The Kier molecular flexibility index (Phi) is 5.76. The number of amides is 2. The number of nitrogens with zero attached hydrogens (tertiary/aromatic N) is 1. The number of ether oxygens (including phenoxy) is 3. The number of fused-ring (bicyclic) bond motifs is 3. The Morgan fingerprint density at radius 3 is 2.61 bits per heavy atom. The Hall–Kier alpha value is -4.00. The van der Waals surface area contributed by atoms with E-state index in [4.69, 9.17) is 14.2 Å². The highest BCUT2D eigenvalue weighted by molar-refractivity contribution is 5.79.